The van der Waals surface area contributed by atoms with Gasteiger partial charge in [-0.25, -0.2) is 0 Å². The molecule has 1 aliphatic rings. The predicted molar refractivity (Wildman–Crippen MR) is 53.5 cm³/mol. The number of nitrogens with two attached hydrogens (primary N) is 1. The standard InChI is InChI=1S/C10H16N2O3/c1-10(2,3)6-4-8(14)12(9(6)15)5-7(11)13/h6H,4-5H2,1-3H3,(H2,11,13). The molecule has 5 nitrogen and oxygen atoms in total. The molecule has 15 heavy (non-hydrogen) atoms. The lowest BCUT2D eigenvalue weighted by Crippen LogP contribution is -2.39. The molecule has 0 saturated carbocycles. The molecule has 0 aromatic carbocycles. The van der Waals surface area contributed by atoms with E-state index in [1.807, 2.05) is 20.8 Å². The van der Waals surface area contributed by atoms with Gasteiger partial charge in [0.05, 0.1) is 5.92 Å². The smallest absolute Gasteiger partial charge is 0.237 e. The van der Waals surface area contributed by atoms with Crippen LogP contribution in [0.3, 0.4) is 0 Å². The van der Waals surface area contributed by atoms with E-state index in [2.05, 4.69) is 0 Å². The van der Waals surface area contributed by atoms with Crippen molar-refractivity contribution in [1.29, 1.82) is 0 Å². The van der Waals surface area contributed by atoms with Crippen molar-refractivity contribution in [3.63, 3.8) is 0 Å². The quantitative estimate of drug-likeness (QED) is 0.649. The molecule has 3 amide bonds. The number of rotatable bonds is 2. The van der Waals surface area contributed by atoms with Crippen molar-refractivity contribution >= 4 is 17.7 Å². The maximum Gasteiger partial charge on any atom is 0.237 e. The maximum atomic E-state index is 11.8. The molecular formula is C10H16N2O3. The highest BCUT2D eigenvalue weighted by Gasteiger charge is 2.44. The minimum Gasteiger partial charge on any atom is -0.368 e. The fourth-order valence-electron chi connectivity index (χ4n) is 1.68. The Morgan fingerprint density at radius 1 is 1.47 bits per heavy atom. The zero-order valence-electron chi connectivity index (χ0n) is 9.24. The number of primary amides is 1. The first-order chi connectivity index (χ1) is 6.73. The van der Waals surface area contributed by atoms with E-state index in [-0.39, 0.29) is 36.1 Å². The van der Waals surface area contributed by atoms with Crippen molar-refractivity contribution in [1.82, 2.24) is 4.90 Å². The summed E-state index contributed by atoms with van der Waals surface area (Å²) < 4.78 is 0. The maximum absolute atomic E-state index is 11.8. The highest BCUT2D eigenvalue weighted by atomic mass is 16.2. The number of amides is 3. The third-order valence-corrected chi connectivity index (χ3v) is 2.60. The van der Waals surface area contributed by atoms with Crippen molar-refractivity contribution in [2.24, 2.45) is 17.1 Å². The van der Waals surface area contributed by atoms with Crippen molar-refractivity contribution in [3.8, 4) is 0 Å². The molecule has 1 heterocycles. The number of likely N-dealkylation sites (tertiary alicyclic amines) is 1. The van der Waals surface area contributed by atoms with Crippen LogP contribution in [0.1, 0.15) is 27.2 Å². The van der Waals surface area contributed by atoms with E-state index < -0.39 is 5.91 Å². The van der Waals surface area contributed by atoms with E-state index in [1.165, 1.54) is 0 Å². The van der Waals surface area contributed by atoms with Gasteiger partial charge in [-0.3, -0.25) is 19.3 Å². The van der Waals surface area contributed by atoms with E-state index in [0.29, 0.717) is 0 Å². The highest BCUT2D eigenvalue weighted by Crippen LogP contribution is 2.35. The number of imide groups is 1. The Hall–Kier alpha value is -1.39. The Labute approximate surface area is 88.6 Å². The first-order valence-corrected chi connectivity index (χ1v) is 4.86. The molecule has 2 N–H and O–H groups in total. The molecular weight excluding hydrogens is 196 g/mol. The second kappa shape index (κ2) is 3.64. The summed E-state index contributed by atoms with van der Waals surface area (Å²) in [7, 11) is 0. The number of hydrogen-bond donors (Lipinski definition) is 1. The number of carbonyl (C=O) groups is 3. The van der Waals surface area contributed by atoms with Crippen molar-refractivity contribution in [3.05, 3.63) is 0 Å². The first-order valence-electron chi connectivity index (χ1n) is 4.86. The average molecular weight is 212 g/mol. The van der Waals surface area contributed by atoms with Gasteiger partial charge in [0.2, 0.25) is 17.7 Å². The SMILES string of the molecule is CC(C)(C)C1CC(=O)N(CC(N)=O)C1=O. The van der Waals surface area contributed by atoms with Crippen LogP contribution in [0.25, 0.3) is 0 Å². The minimum absolute atomic E-state index is 0.176. The molecule has 0 bridgehead atoms. The summed E-state index contributed by atoms with van der Waals surface area (Å²) in [6, 6.07) is 0. The Bertz CT molecular complexity index is 317. The van der Waals surface area contributed by atoms with E-state index in [9.17, 15) is 14.4 Å². The van der Waals surface area contributed by atoms with E-state index in [4.69, 9.17) is 5.73 Å². The van der Waals surface area contributed by atoms with Crippen molar-refractivity contribution in [2.45, 2.75) is 27.2 Å². The van der Waals surface area contributed by atoms with Gasteiger partial charge in [0, 0.05) is 6.42 Å². The van der Waals surface area contributed by atoms with Gasteiger partial charge in [-0.05, 0) is 5.41 Å². The molecule has 1 unspecified atom stereocenters. The molecule has 5 heteroatoms. The molecule has 1 atom stereocenters. The van der Waals surface area contributed by atoms with Gasteiger partial charge in [-0.2, -0.15) is 0 Å². The van der Waals surface area contributed by atoms with Crippen LogP contribution in [-0.4, -0.2) is 29.2 Å². The third kappa shape index (κ3) is 2.34. The summed E-state index contributed by atoms with van der Waals surface area (Å²) >= 11 is 0. The topological polar surface area (TPSA) is 80.5 Å². The lowest BCUT2D eigenvalue weighted by molar-refractivity contribution is -0.143. The zero-order valence-corrected chi connectivity index (χ0v) is 9.24. The van der Waals surface area contributed by atoms with E-state index in [1.54, 1.807) is 0 Å². The third-order valence-electron chi connectivity index (χ3n) is 2.60. The number of carbonyl (C=O) groups excluding carboxylic acids is 3. The molecule has 0 aromatic rings. The van der Waals surface area contributed by atoms with Crippen LogP contribution < -0.4 is 5.73 Å². The minimum atomic E-state index is -0.661. The Morgan fingerprint density at radius 2 is 2.00 bits per heavy atom. The van der Waals surface area contributed by atoms with Crippen LogP contribution in [-0.2, 0) is 14.4 Å². The Kier molecular flexibility index (Phi) is 2.83. The van der Waals surface area contributed by atoms with Gasteiger partial charge in [-0.15, -0.1) is 0 Å². The Morgan fingerprint density at radius 3 is 2.33 bits per heavy atom. The van der Waals surface area contributed by atoms with Crippen molar-refractivity contribution in [2.75, 3.05) is 6.54 Å². The lowest BCUT2D eigenvalue weighted by atomic mass is 9.80. The monoisotopic (exact) mass is 212 g/mol. The predicted octanol–water partition coefficient (Wildman–Crippen LogP) is -0.107. The van der Waals surface area contributed by atoms with Crippen LogP contribution in [0.2, 0.25) is 0 Å². The van der Waals surface area contributed by atoms with Crippen LogP contribution in [0.15, 0.2) is 0 Å². The molecule has 1 fully saturated rings. The van der Waals surface area contributed by atoms with Crippen molar-refractivity contribution < 1.29 is 14.4 Å². The molecule has 1 aliphatic heterocycles. The summed E-state index contributed by atoms with van der Waals surface area (Å²) in [5.74, 6) is -1.60. The van der Waals surface area contributed by atoms with E-state index >= 15 is 0 Å². The summed E-state index contributed by atoms with van der Waals surface area (Å²) in [6.45, 7) is 5.40. The van der Waals surface area contributed by atoms with Gasteiger partial charge in [0.1, 0.15) is 6.54 Å². The molecule has 0 aromatic heterocycles. The first kappa shape index (κ1) is 11.7. The summed E-state index contributed by atoms with van der Waals surface area (Å²) in [4.78, 5) is 34.9. The molecule has 0 aliphatic carbocycles. The van der Waals surface area contributed by atoms with Crippen LogP contribution in [0, 0.1) is 11.3 Å². The average Bonchev–Trinajstić information content (AvgIpc) is 2.30. The highest BCUT2D eigenvalue weighted by molar-refractivity contribution is 6.06. The van der Waals surface area contributed by atoms with Gasteiger partial charge >= 0.3 is 0 Å². The van der Waals surface area contributed by atoms with Gasteiger partial charge < -0.3 is 5.73 Å². The number of hydrogen-bond acceptors (Lipinski definition) is 3. The fourth-order valence-corrected chi connectivity index (χ4v) is 1.68. The van der Waals surface area contributed by atoms with Gasteiger partial charge in [-0.1, -0.05) is 20.8 Å². The van der Waals surface area contributed by atoms with Gasteiger partial charge in [0.15, 0.2) is 0 Å². The summed E-state index contributed by atoms with van der Waals surface area (Å²) in [5.41, 5.74) is 4.70. The lowest BCUT2D eigenvalue weighted by Gasteiger charge is -2.24. The van der Waals surface area contributed by atoms with Crippen LogP contribution >= 0.6 is 0 Å². The van der Waals surface area contributed by atoms with Gasteiger partial charge in [0.25, 0.3) is 0 Å². The fraction of sp³-hybridized carbons (Fsp3) is 0.700. The summed E-state index contributed by atoms with van der Waals surface area (Å²) in [5, 5.41) is 0. The molecule has 0 spiro atoms. The zero-order chi connectivity index (χ0) is 11.8. The molecule has 1 rings (SSSR count). The van der Waals surface area contributed by atoms with Crippen LogP contribution in [0.4, 0.5) is 0 Å². The molecule has 0 radical (unpaired) electrons. The normalized spacial score (nSPS) is 22.3. The Balaban J connectivity index is 2.84. The second-order valence-corrected chi connectivity index (χ2v) is 4.91. The largest absolute Gasteiger partial charge is 0.368 e. The van der Waals surface area contributed by atoms with Crippen LogP contribution in [0.5, 0.6) is 0 Å². The second-order valence-electron chi connectivity index (χ2n) is 4.91. The molecule has 84 valence electrons. The van der Waals surface area contributed by atoms with E-state index in [0.717, 1.165) is 4.90 Å². The summed E-state index contributed by atoms with van der Waals surface area (Å²) in [6.07, 6.45) is 0.176. The molecule has 1 saturated heterocycles. The number of nitrogens with zero attached hydrogens (tertiary/aromatic N) is 1.